The average Bonchev–Trinajstić information content (AvgIpc) is 2.01. The number of carbonyl (C=O) groups excluding carboxylic acids is 1. The number of nitrogens with one attached hydrogen (secondary N) is 1. The maximum atomic E-state index is 11.1. The van der Waals surface area contributed by atoms with Crippen molar-refractivity contribution in [1.29, 1.82) is 0 Å². The minimum absolute atomic E-state index is 0. The molecule has 0 aliphatic rings. The Kier molecular flexibility index (Phi) is 7.01. The first kappa shape index (κ1) is 17.5. The molecule has 0 radical (unpaired) electrons. The molecular weight excluding hydrogens is 229 g/mol. The third-order valence-electron chi connectivity index (χ3n) is 2.19. The minimum atomic E-state index is -4.35. The van der Waals surface area contributed by atoms with Crippen LogP contribution in [-0.2, 0) is 14.9 Å². The monoisotopic (exact) mass is 245 g/mol. The van der Waals surface area contributed by atoms with E-state index in [4.69, 9.17) is 4.55 Å². The SMILES string of the molecule is C=CC(=O)NC(C)(C(C)C)S(=O)(=O)O.[H-].[Na+]. The molecule has 5 nitrogen and oxygen atoms in total. The van der Waals surface area contributed by atoms with E-state index in [0.717, 1.165) is 6.08 Å². The fourth-order valence-electron chi connectivity index (χ4n) is 0.802. The second kappa shape index (κ2) is 6.00. The van der Waals surface area contributed by atoms with Gasteiger partial charge in [-0.05, 0) is 18.9 Å². The van der Waals surface area contributed by atoms with Crippen LogP contribution in [0.1, 0.15) is 22.2 Å². The summed E-state index contributed by atoms with van der Waals surface area (Å²) >= 11 is 0. The molecule has 0 fully saturated rings. The molecule has 0 saturated carbocycles. The van der Waals surface area contributed by atoms with Gasteiger partial charge in [0.15, 0.2) is 4.87 Å². The van der Waals surface area contributed by atoms with Crippen molar-refractivity contribution in [2.24, 2.45) is 5.92 Å². The molecule has 0 saturated heterocycles. The molecule has 1 atom stereocenters. The number of amides is 1. The summed E-state index contributed by atoms with van der Waals surface area (Å²) in [6.07, 6.45) is 0.950. The predicted octanol–water partition coefficient (Wildman–Crippen LogP) is -2.33. The molecule has 0 rings (SSSR count). The zero-order chi connectivity index (χ0) is 11.6. The Balaban J connectivity index is -0.000000845. The Morgan fingerprint density at radius 3 is 2.20 bits per heavy atom. The summed E-state index contributed by atoms with van der Waals surface area (Å²) in [5, 5.41) is 2.19. The topological polar surface area (TPSA) is 83.5 Å². The van der Waals surface area contributed by atoms with Gasteiger partial charge >= 0.3 is 29.6 Å². The summed E-state index contributed by atoms with van der Waals surface area (Å²) in [6, 6.07) is 0. The fraction of sp³-hybridized carbons (Fsp3) is 0.625. The summed E-state index contributed by atoms with van der Waals surface area (Å²) in [5.41, 5.74) is 0. The summed E-state index contributed by atoms with van der Waals surface area (Å²) in [5.74, 6) is -1.10. The van der Waals surface area contributed by atoms with Crippen molar-refractivity contribution < 1.29 is 48.7 Å². The van der Waals surface area contributed by atoms with Gasteiger partial charge in [-0.1, -0.05) is 20.4 Å². The van der Waals surface area contributed by atoms with E-state index in [2.05, 4.69) is 11.9 Å². The molecule has 0 aromatic heterocycles. The van der Waals surface area contributed by atoms with E-state index in [-0.39, 0.29) is 31.0 Å². The van der Waals surface area contributed by atoms with E-state index in [9.17, 15) is 13.2 Å². The van der Waals surface area contributed by atoms with Gasteiger partial charge < -0.3 is 6.74 Å². The maximum Gasteiger partial charge on any atom is 1.00 e. The third kappa shape index (κ3) is 4.24. The van der Waals surface area contributed by atoms with Crippen LogP contribution in [-0.4, -0.2) is 23.7 Å². The van der Waals surface area contributed by atoms with Crippen molar-refractivity contribution in [2.45, 2.75) is 25.6 Å². The molecule has 15 heavy (non-hydrogen) atoms. The van der Waals surface area contributed by atoms with Crippen molar-refractivity contribution in [2.75, 3.05) is 0 Å². The van der Waals surface area contributed by atoms with E-state index in [1.54, 1.807) is 13.8 Å². The summed E-state index contributed by atoms with van der Waals surface area (Å²) < 4.78 is 31.1. The van der Waals surface area contributed by atoms with Gasteiger partial charge in [0.2, 0.25) is 5.91 Å². The van der Waals surface area contributed by atoms with Crippen molar-refractivity contribution in [3.63, 3.8) is 0 Å². The number of carbonyl (C=O) groups is 1. The zero-order valence-electron chi connectivity index (χ0n) is 10.4. The molecular formula is C8H16NNaO4S. The number of hydrogen-bond acceptors (Lipinski definition) is 3. The van der Waals surface area contributed by atoms with Gasteiger partial charge in [-0.2, -0.15) is 8.42 Å². The van der Waals surface area contributed by atoms with Gasteiger partial charge in [0.25, 0.3) is 10.1 Å². The molecule has 0 aromatic carbocycles. The normalized spacial score (nSPS) is 15.0. The van der Waals surface area contributed by atoms with Gasteiger partial charge in [0.05, 0.1) is 0 Å². The summed E-state index contributed by atoms with van der Waals surface area (Å²) in [6.45, 7) is 7.60. The molecule has 0 bridgehead atoms. The quantitative estimate of drug-likeness (QED) is 0.330. The van der Waals surface area contributed by atoms with E-state index in [1.807, 2.05) is 0 Å². The molecule has 2 N–H and O–H groups in total. The molecule has 7 heteroatoms. The Hall–Kier alpha value is 0.120. The van der Waals surface area contributed by atoms with Crippen LogP contribution in [0.5, 0.6) is 0 Å². The van der Waals surface area contributed by atoms with Crippen LogP contribution < -0.4 is 34.9 Å². The molecule has 1 amide bonds. The maximum absolute atomic E-state index is 11.1. The first-order valence-electron chi connectivity index (χ1n) is 4.06. The Labute approximate surface area is 114 Å². The number of hydrogen-bond donors (Lipinski definition) is 2. The van der Waals surface area contributed by atoms with E-state index >= 15 is 0 Å². The molecule has 0 spiro atoms. The van der Waals surface area contributed by atoms with Gasteiger partial charge in [-0.3, -0.25) is 9.35 Å². The summed E-state index contributed by atoms with van der Waals surface area (Å²) in [7, 11) is -4.35. The van der Waals surface area contributed by atoms with E-state index < -0.39 is 26.8 Å². The van der Waals surface area contributed by atoms with E-state index in [1.165, 1.54) is 6.92 Å². The van der Waals surface area contributed by atoms with Crippen molar-refractivity contribution >= 4 is 16.0 Å². The van der Waals surface area contributed by atoms with Gasteiger partial charge in [0.1, 0.15) is 0 Å². The Bertz CT molecular complexity index is 344. The van der Waals surface area contributed by atoms with Gasteiger partial charge in [-0.15, -0.1) is 0 Å². The van der Waals surface area contributed by atoms with Crippen LogP contribution >= 0.6 is 0 Å². The smallest absolute Gasteiger partial charge is 1.00 e. The molecule has 0 aliphatic heterocycles. The molecule has 84 valence electrons. The van der Waals surface area contributed by atoms with E-state index in [0.29, 0.717) is 0 Å². The first-order valence-corrected chi connectivity index (χ1v) is 5.50. The van der Waals surface area contributed by atoms with Crippen molar-refractivity contribution in [3.05, 3.63) is 12.7 Å². The number of rotatable bonds is 4. The average molecular weight is 245 g/mol. The summed E-state index contributed by atoms with van der Waals surface area (Å²) in [4.78, 5) is 9.29. The Morgan fingerprint density at radius 2 is 2.00 bits per heavy atom. The fourth-order valence-corrected chi connectivity index (χ4v) is 1.63. The van der Waals surface area contributed by atoms with Gasteiger partial charge in [0, 0.05) is 0 Å². The Morgan fingerprint density at radius 1 is 1.60 bits per heavy atom. The van der Waals surface area contributed by atoms with Gasteiger partial charge in [-0.25, -0.2) is 0 Å². The first-order chi connectivity index (χ1) is 6.15. The minimum Gasteiger partial charge on any atom is -1.00 e. The van der Waals surface area contributed by atoms with Crippen LogP contribution in [0.15, 0.2) is 12.7 Å². The largest absolute Gasteiger partial charge is 1.00 e. The zero-order valence-corrected chi connectivity index (χ0v) is 12.3. The van der Waals surface area contributed by atoms with Crippen LogP contribution in [0.2, 0.25) is 0 Å². The van der Waals surface area contributed by atoms with Crippen LogP contribution in [0.25, 0.3) is 0 Å². The standard InChI is InChI=1S/C8H15NO4S.Na.H/c1-5-7(10)9-8(4,6(2)3)14(11,12)13;;/h5-6H,1H2,2-4H3,(H,9,10)(H,11,12,13);;/q;+1;-1. The molecule has 0 aliphatic carbocycles. The van der Waals surface area contributed by atoms with Crippen molar-refractivity contribution in [1.82, 2.24) is 5.32 Å². The van der Waals surface area contributed by atoms with Crippen LogP contribution in [0, 0.1) is 5.92 Å². The second-order valence-corrected chi connectivity index (χ2v) is 5.23. The molecule has 0 aromatic rings. The van der Waals surface area contributed by atoms with Crippen LogP contribution in [0.3, 0.4) is 0 Å². The van der Waals surface area contributed by atoms with Crippen LogP contribution in [0.4, 0.5) is 0 Å². The molecule has 1 unspecified atom stereocenters. The van der Waals surface area contributed by atoms with Crippen molar-refractivity contribution in [3.8, 4) is 0 Å². The molecule has 0 heterocycles. The third-order valence-corrected chi connectivity index (χ3v) is 3.84. The predicted molar refractivity (Wildman–Crippen MR) is 54.2 cm³/mol. The second-order valence-electron chi connectivity index (χ2n) is 3.43.